The van der Waals surface area contributed by atoms with Crippen molar-refractivity contribution in [3.63, 3.8) is 0 Å². The average Bonchev–Trinajstić information content (AvgIpc) is 1.91. The first-order valence-electron chi connectivity index (χ1n) is 2.89. The maximum absolute atomic E-state index is 10.0. The van der Waals surface area contributed by atoms with Crippen molar-refractivity contribution in [1.82, 2.24) is 5.32 Å². The van der Waals surface area contributed by atoms with Crippen molar-refractivity contribution in [3.05, 3.63) is 0 Å². The molecular formula is C6H12NOS. The van der Waals surface area contributed by atoms with Gasteiger partial charge in [-0.3, -0.25) is 4.79 Å². The Hall–Kier alpha value is -0.0200. The van der Waals surface area contributed by atoms with Crippen LogP contribution in [0.15, 0.2) is 0 Å². The van der Waals surface area contributed by atoms with E-state index >= 15 is 0 Å². The van der Waals surface area contributed by atoms with E-state index in [2.05, 4.69) is 5.32 Å². The molecule has 0 bridgehead atoms. The molecule has 0 aromatic rings. The zero-order chi connectivity index (χ0) is 7.11. The topological polar surface area (TPSA) is 29.1 Å². The summed E-state index contributed by atoms with van der Waals surface area (Å²) < 4.78 is 0. The smallest absolute Gasteiger partial charge is 0.216 e. The molecule has 0 heterocycles. The molecule has 0 aromatic carbocycles. The van der Waals surface area contributed by atoms with Crippen molar-refractivity contribution in [2.45, 2.75) is 12.5 Å². The van der Waals surface area contributed by atoms with Crippen molar-refractivity contribution in [1.29, 1.82) is 0 Å². The zero-order valence-corrected chi connectivity index (χ0v) is 6.62. The summed E-state index contributed by atoms with van der Waals surface area (Å²) in [4.78, 5) is 10.0. The molecule has 53 valence electrons. The highest BCUT2D eigenvalue weighted by atomic mass is 32.2. The van der Waals surface area contributed by atoms with Crippen LogP contribution in [0.4, 0.5) is 0 Å². The Bertz CT molecular complexity index is 77.5. The summed E-state index contributed by atoms with van der Waals surface area (Å²) in [7, 11) is 1.77. The average molecular weight is 146 g/mol. The van der Waals surface area contributed by atoms with Crippen molar-refractivity contribution in [2.75, 3.05) is 19.1 Å². The second-order valence-corrected chi connectivity index (χ2v) is 2.73. The predicted molar refractivity (Wildman–Crippen MR) is 41.5 cm³/mol. The molecule has 0 aliphatic heterocycles. The van der Waals surface area contributed by atoms with E-state index in [1.165, 1.54) is 0 Å². The molecule has 0 aliphatic rings. The molecule has 1 atom stereocenters. The lowest BCUT2D eigenvalue weighted by atomic mass is 10.3. The molecule has 2 nitrogen and oxygen atoms in total. The van der Waals surface area contributed by atoms with Gasteiger partial charge in [0.25, 0.3) is 0 Å². The third kappa shape index (κ3) is 4.48. The molecule has 0 amide bonds. The van der Waals surface area contributed by atoms with Gasteiger partial charge in [-0.2, -0.15) is 11.8 Å². The van der Waals surface area contributed by atoms with Gasteiger partial charge in [-0.15, -0.1) is 0 Å². The number of hydrogen-bond donors (Lipinski definition) is 1. The highest BCUT2D eigenvalue weighted by Crippen LogP contribution is 1.97. The Morgan fingerprint density at radius 1 is 1.78 bits per heavy atom. The Morgan fingerprint density at radius 3 is 2.78 bits per heavy atom. The molecule has 0 fully saturated rings. The normalized spacial score (nSPS) is 13.1. The standard InChI is InChI=1S/C6H12NOS/c1-7-6(5-8)3-4-9-2/h6-7H,3-4H2,1-2H3/t6-/m1/s1. The van der Waals surface area contributed by atoms with Gasteiger partial charge < -0.3 is 5.32 Å². The molecule has 1 radical (unpaired) electrons. The van der Waals surface area contributed by atoms with Crippen LogP contribution < -0.4 is 5.32 Å². The minimum atomic E-state index is -0.0718. The summed E-state index contributed by atoms with van der Waals surface area (Å²) in [6, 6.07) is -0.0718. The van der Waals surface area contributed by atoms with Crippen molar-refractivity contribution in [2.24, 2.45) is 0 Å². The molecule has 1 N–H and O–H groups in total. The SMILES string of the molecule is CN[C@@H]([C]=O)CCSC. The number of nitrogens with one attached hydrogen (secondary N) is 1. The Morgan fingerprint density at radius 2 is 2.44 bits per heavy atom. The van der Waals surface area contributed by atoms with Gasteiger partial charge in [0, 0.05) is 0 Å². The lowest BCUT2D eigenvalue weighted by molar-refractivity contribution is 0.524. The third-order valence-electron chi connectivity index (χ3n) is 1.10. The van der Waals surface area contributed by atoms with Gasteiger partial charge in [-0.1, -0.05) is 0 Å². The fourth-order valence-electron chi connectivity index (χ4n) is 0.498. The maximum atomic E-state index is 10.0. The lowest BCUT2D eigenvalue weighted by Crippen LogP contribution is -2.26. The second kappa shape index (κ2) is 6.11. The fourth-order valence-corrected chi connectivity index (χ4v) is 0.969. The summed E-state index contributed by atoms with van der Waals surface area (Å²) in [5.41, 5.74) is 0. The molecule has 0 aliphatic carbocycles. The highest BCUT2D eigenvalue weighted by Gasteiger charge is 2.01. The number of hydrogen-bond acceptors (Lipinski definition) is 3. The first-order valence-corrected chi connectivity index (χ1v) is 4.28. The van der Waals surface area contributed by atoms with Gasteiger partial charge in [0.2, 0.25) is 6.29 Å². The van der Waals surface area contributed by atoms with E-state index < -0.39 is 0 Å². The van der Waals surface area contributed by atoms with E-state index in [0.29, 0.717) is 0 Å². The van der Waals surface area contributed by atoms with E-state index in [9.17, 15) is 4.79 Å². The van der Waals surface area contributed by atoms with Crippen LogP contribution >= 0.6 is 11.8 Å². The van der Waals surface area contributed by atoms with Crippen LogP contribution in [-0.2, 0) is 4.79 Å². The van der Waals surface area contributed by atoms with Gasteiger partial charge in [-0.25, -0.2) is 0 Å². The Balaban J connectivity index is 3.20. The predicted octanol–water partition coefficient (Wildman–Crippen LogP) is 0.437. The Labute approximate surface area is 60.4 Å². The molecule has 0 aromatic heterocycles. The van der Waals surface area contributed by atoms with Crippen molar-refractivity contribution < 1.29 is 4.79 Å². The van der Waals surface area contributed by atoms with Crippen LogP contribution in [0.5, 0.6) is 0 Å². The number of rotatable bonds is 5. The van der Waals surface area contributed by atoms with E-state index in [4.69, 9.17) is 0 Å². The zero-order valence-electron chi connectivity index (χ0n) is 5.81. The first-order chi connectivity index (χ1) is 4.35. The van der Waals surface area contributed by atoms with Crippen LogP contribution in [0.2, 0.25) is 0 Å². The van der Waals surface area contributed by atoms with Crippen LogP contribution in [0.25, 0.3) is 0 Å². The molecule has 9 heavy (non-hydrogen) atoms. The highest BCUT2D eigenvalue weighted by molar-refractivity contribution is 7.98. The maximum Gasteiger partial charge on any atom is 0.216 e. The van der Waals surface area contributed by atoms with Crippen LogP contribution in [-0.4, -0.2) is 31.4 Å². The quantitative estimate of drug-likeness (QED) is 0.610. The fraction of sp³-hybridized carbons (Fsp3) is 0.833. The largest absolute Gasteiger partial charge is 0.310 e. The summed E-state index contributed by atoms with van der Waals surface area (Å²) in [6.07, 6.45) is 4.81. The van der Waals surface area contributed by atoms with Gasteiger partial charge in [0.1, 0.15) is 0 Å². The molecule has 0 spiro atoms. The molecular weight excluding hydrogens is 134 g/mol. The van der Waals surface area contributed by atoms with Crippen LogP contribution in [0, 0.1) is 0 Å². The summed E-state index contributed by atoms with van der Waals surface area (Å²) in [5, 5.41) is 2.85. The van der Waals surface area contributed by atoms with Gasteiger partial charge in [0.05, 0.1) is 6.04 Å². The number of carbonyl (C=O) groups excluding carboxylic acids is 1. The number of thioether (sulfide) groups is 1. The summed E-state index contributed by atoms with van der Waals surface area (Å²) in [5.74, 6) is 1.01. The van der Waals surface area contributed by atoms with Gasteiger partial charge in [-0.05, 0) is 25.5 Å². The molecule has 0 saturated heterocycles. The van der Waals surface area contributed by atoms with E-state index in [1.807, 2.05) is 12.5 Å². The lowest BCUT2D eigenvalue weighted by Gasteiger charge is -2.04. The monoisotopic (exact) mass is 146 g/mol. The molecule has 0 unspecified atom stereocenters. The van der Waals surface area contributed by atoms with E-state index in [-0.39, 0.29) is 6.04 Å². The molecule has 0 rings (SSSR count). The van der Waals surface area contributed by atoms with Crippen molar-refractivity contribution in [3.8, 4) is 0 Å². The molecule has 0 saturated carbocycles. The van der Waals surface area contributed by atoms with Crippen molar-refractivity contribution >= 4 is 18.0 Å². The summed E-state index contributed by atoms with van der Waals surface area (Å²) >= 11 is 1.74. The third-order valence-corrected chi connectivity index (χ3v) is 1.75. The number of likely N-dealkylation sites (N-methyl/N-ethyl adjacent to an activating group) is 1. The minimum Gasteiger partial charge on any atom is -0.310 e. The van der Waals surface area contributed by atoms with Gasteiger partial charge in [0.15, 0.2) is 0 Å². The van der Waals surface area contributed by atoms with Crippen LogP contribution in [0.1, 0.15) is 6.42 Å². The Kier molecular flexibility index (Phi) is 6.09. The minimum absolute atomic E-state index is 0.0718. The first kappa shape index (κ1) is 8.98. The van der Waals surface area contributed by atoms with Gasteiger partial charge >= 0.3 is 0 Å². The van der Waals surface area contributed by atoms with Crippen LogP contribution in [0.3, 0.4) is 0 Å². The van der Waals surface area contributed by atoms with E-state index in [1.54, 1.807) is 18.8 Å². The summed E-state index contributed by atoms with van der Waals surface area (Å²) in [6.45, 7) is 0. The molecule has 3 heteroatoms. The van der Waals surface area contributed by atoms with E-state index in [0.717, 1.165) is 12.2 Å². The second-order valence-electron chi connectivity index (χ2n) is 1.74.